The van der Waals surface area contributed by atoms with Gasteiger partial charge in [-0.1, -0.05) is 6.92 Å². The summed E-state index contributed by atoms with van der Waals surface area (Å²) in [7, 11) is 0. The van der Waals surface area contributed by atoms with Crippen molar-refractivity contribution in [3.05, 3.63) is 52.6 Å². The van der Waals surface area contributed by atoms with Gasteiger partial charge in [0, 0.05) is 24.8 Å². The molecule has 0 aliphatic heterocycles. The molecule has 0 atom stereocenters. The van der Waals surface area contributed by atoms with Crippen LogP contribution in [0, 0.1) is 10.1 Å². The Hall–Kier alpha value is -2.96. The Morgan fingerprint density at radius 3 is 2.38 bits per heavy atom. The van der Waals surface area contributed by atoms with Gasteiger partial charge in [0.1, 0.15) is 11.4 Å². The molecule has 0 aliphatic carbocycles. The number of hydrogen-bond donors (Lipinski definition) is 1. The van der Waals surface area contributed by atoms with Gasteiger partial charge in [-0.05, 0) is 43.7 Å². The molecule has 0 heterocycles. The number of benzene rings is 2. The van der Waals surface area contributed by atoms with Crippen molar-refractivity contribution in [1.29, 1.82) is 0 Å². The van der Waals surface area contributed by atoms with Crippen molar-refractivity contribution >= 4 is 22.7 Å². The molecular formula is C17H20N4O3. The molecular weight excluding hydrogens is 308 g/mol. The minimum Gasteiger partial charge on any atom is -0.505 e. The summed E-state index contributed by atoms with van der Waals surface area (Å²) in [6.45, 7) is 6.18. The number of phenols is 1. The fourth-order valence-corrected chi connectivity index (χ4v) is 2.29. The molecule has 0 unspecified atom stereocenters. The van der Waals surface area contributed by atoms with Crippen LogP contribution in [0.1, 0.15) is 20.3 Å². The smallest absolute Gasteiger partial charge is 0.273 e. The van der Waals surface area contributed by atoms with Crippen LogP contribution in [0.5, 0.6) is 5.75 Å². The first-order valence-corrected chi connectivity index (χ1v) is 7.79. The molecule has 24 heavy (non-hydrogen) atoms. The Morgan fingerprint density at radius 1 is 1.12 bits per heavy atom. The molecule has 7 heteroatoms. The molecule has 0 fully saturated rings. The molecule has 0 amide bonds. The van der Waals surface area contributed by atoms with Gasteiger partial charge in [0.15, 0.2) is 0 Å². The Kier molecular flexibility index (Phi) is 5.83. The number of nitro groups is 1. The summed E-state index contributed by atoms with van der Waals surface area (Å²) < 4.78 is 0. The first kappa shape index (κ1) is 17.4. The van der Waals surface area contributed by atoms with Crippen LogP contribution in [0.2, 0.25) is 0 Å². The van der Waals surface area contributed by atoms with Crippen LogP contribution < -0.4 is 4.90 Å². The third-order valence-electron chi connectivity index (χ3n) is 3.53. The molecule has 2 aromatic rings. The maximum Gasteiger partial charge on any atom is 0.273 e. The lowest BCUT2D eigenvalue weighted by Crippen LogP contribution is -2.23. The number of nitrogens with zero attached hydrogens (tertiary/aromatic N) is 4. The van der Waals surface area contributed by atoms with Gasteiger partial charge < -0.3 is 10.0 Å². The topological polar surface area (TPSA) is 91.3 Å². The highest BCUT2D eigenvalue weighted by Gasteiger charge is 2.09. The summed E-state index contributed by atoms with van der Waals surface area (Å²) in [5.41, 5.74) is 1.76. The van der Waals surface area contributed by atoms with Crippen molar-refractivity contribution < 1.29 is 10.0 Å². The van der Waals surface area contributed by atoms with Gasteiger partial charge >= 0.3 is 0 Å². The minimum atomic E-state index is -0.574. The van der Waals surface area contributed by atoms with E-state index in [4.69, 9.17) is 0 Å². The molecule has 0 aliphatic rings. The maximum atomic E-state index is 10.6. The average molecular weight is 328 g/mol. The van der Waals surface area contributed by atoms with Gasteiger partial charge in [0.05, 0.1) is 16.7 Å². The van der Waals surface area contributed by atoms with Crippen molar-refractivity contribution in [2.24, 2.45) is 10.2 Å². The third-order valence-corrected chi connectivity index (χ3v) is 3.53. The van der Waals surface area contributed by atoms with Crippen molar-refractivity contribution in [3.63, 3.8) is 0 Å². The molecule has 2 rings (SSSR count). The maximum absolute atomic E-state index is 10.6. The van der Waals surface area contributed by atoms with Crippen LogP contribution in [-0.4, -0.2) is 23.1 Å². The third kappa shape index (κ3) is 4.28. The lowest BCUT2D eigenvalue weighted by Gasteiger charge is -2.22. The summed E-state index contributed by atoms with van der Waals surface area (Å²) in [6, 6.07) is 11.3. The van der Waals surface area contributed by atoms with Gasteiger partial charge in [0.2, 0.25) is 0 Å². The van der Waals surface area contributed by atoms with Crippen LogP contribution in [0.15, 0.2) is 52.7 Å². The Morgan fingerprint density at radius 2 is 1.83 bits per heavy atom. The monoisotopic (exact) mass is 328 g/mol. The zero-order chi connectivity index (χ0) is 17.5. The molecule has 126 valence electrons. The van der Waals surface area contributed by atoms with Crippen LogP contribution in [0.3, 0.4) is 0 Å². The van der Waals surface area contributed by atoms with Crippen LogP contribution in [-0.2, 0) is 0 Å². The first-order valence-electron chi connectivity index (χ1n) is 7.79. The summed E-state index contributed by atoms with van der Waals surface area (Å²) in [4.78, 5) is 12.3. The van der Waals surface area contributed by atoms with Crippen molar-refractivity contribution in [2.75, 3.05) is 18.0 Å². The summed E-state index contributed by atoms with van der Waals surface area (Å²) in [5, 5.41) is 28.4. The Bertz CT molecular complexity index is 729. The van der Waals surface area contributed by atoms with E-state index in [9.17, 15) is 15.2 Å². The zero-order valence-electron chi connectivity index (χ0n) is 13.7. The van der Waals surface area contributed by atoms with E-state index in [0.29, 0.717) is 5.69 Å². The SMILES string of the molecule is CCCN(CC)c1ccc(N=Nc2ccc([N+](=O)[O-])cc2O)cc1. The molecule has 0 bridgehead atoms. The molecule has 0 saturated carbocycles. The van der Waals surface area contributed by atoms with Crippen LogP contribution in [0.25, 0.3) is 0 Å². The van der Waals surface area contributed by atoms with E-state index in [-0.39, 0.29) is 17.1 Å². The van der Waals surface area contributed by atoms with E-state index in [1.54, 1.807) is 0 Å². The van der Waals surface area contributed by atoms with E-state index < -0.39 is 4.92 Å². The second-order valence-corrected chi connectivity index (χ2v) is 5.23. The number of rotatable bonds is 7. The number of phenolic OH excluding ortho intramolecular Hbond substituents is 1. The summed E-state index contributed by atoms with van der Waals surface area (Å²) in [5.74, 6) is -0.273. The summed E-state index contributed by atoms with van der Waals surface area (Å²) in [6.07, 6.45) is 1.08. The lowest BCUT2D eigenvalue weighted by atomic mass is 10.2. The summed E-state index contributed by atoms with van der Waals surface area (Å²) >= 11 is 0. The molecule has 0 aromatic heterocycles. The quantitative estimate of drug-likeness (QED) is 0.442. The number of azo groups is 1. The highest BCUT2D eigenvalue weighted by atomic mass is 16.6. The fourth-order valence-electron chi connectivity index (χ4n) is 2.29. The Balaban J connectivity index is 2.13. The number of anilines is 1. The standard InChI is InChI=1S/C17H20N4O3/c1-3-11-20(4-2)14-7-5-13(6-8-14)18-19-16-10-9-15(21(23)24)12-17(16)22/h5-10,12,22H,3-4,11H2,1-2H3. The fraction of sp³-hybridized carbons (Fsp3) is 0.294. The van der Waals surface area contributed by atoms with Crippen molar-refractivity contribution in [1.82, 2.24) is 0 Å². The van der Waals surface area contributed by atoms with E-state index in [1.807, 2.05) is 24.3 Å². The number of hydrogen-bond acceptors (Lipinski definition) is 6. The molecule has 2 aromatic carbocycles. The van der Waals surface area contributed by atoms with Gasteiger partial charge in [-0.25, -0.2) is 0 Å². The van der Waals surface area contributed by atoms with Crippen molar-refractivity contribution in [3.8, 4) is 5.75 Å². The average Bonchev–Trinajstić information content (AvgIpc) is 2.59. The predicted molar refractivity (Wildman–Crippen MR) is 93.6 cm³/mol. The van der Waals surface area contributed by atoms with E-state index in [2.05, 4.69) is 29.0 Å². The lowest BCUT2D eigenvalue weighted by molar-refractivity contribution is -0.384. The molecule has 7 nitrogen and oxygen atoms in total. The predicted octanol–water partition coefficient (Wildman–Crippen LogP) is 4.95. The Labute approximate surface area is 140 Å². The number of nitro benzene ring substituents is 1. The number of aromatic hydroxyl groups is 1. The van der Waals surface area contributed by atoms with Gasteiger partial charge in [-0.2, -0.15) is 5.11 Å². The molecule has 0 spiro atoms. The molecule has 0 saturated heterocycles. The highest BCUT2D eigenvalue weighted by Crippen LogP contribution is 2.31. The molecule has 0 radical (unpaired) electrons. The van der Waals surface area contributed by atoms with E-state index >= 15 is 0 Å². The normalized spacial score (nSPS) is 10.9. The van der Waals surface area contributed by atoms with E-state index in [0.717, 1.165) is 31.3 Å². The van der Waals surface area contributed by atoms with Gasteiger partial charge in [0.25, 0.3) is 5.69 Å². The van der Waals surface area contributed by atoms with Crippen molar-refractivity contribution in [2.45, 2.75) is 20.3 Å². The molecule has 1 N–H and O–H groups in total. The number of non-ortho nitro benzene ring substituents is 1. The highest BCUT2D eigenvalue weighted by molar-refractivity contribution is 5.57. The van der Waals surface area contributed by atoms with Gasteiger partial charge in [-0.3, -0.25) is 10.1 Å². The largest absolute Gasteiger partial charge is 0.505 e. The second-order valence-electron chi connectivity index (χ2n) is 5.23. The first-order chi connectivity index (χ1) is 11.5. The zero-order valence-corrected chi connectivity index (χ0v) is 13.7. The van der Waals surface area contributed by atoms with Gasteiger partial charge in [-0.15, -0.1) is 5.11 Å². The van der Waals surface area contributed by atoms with Crippen LogP contribution >= 0.6 is 0 Å². The van der Waals surface area contributed by atoms with E-state index in [1.165, 1.54) is 12.1 Å². The minimum absolute atomic E-state index is 0.186. The second kappa shape index (κ2) is 8.05. The van der Waals surface area contributed by atoms with Crippen LogP contribution in [0.4, 0.5) is 22.7 Å².